The number of carbonyl (C=O) groups excluding carboxylic acids is 1. The number of aryl methyl sites for hydroxylation is 1. The molecule has 0 saturated heterocycles. The monoisotopic (exact) mass is 234 g/mol. The Morgan fingerprint density at radius 3 is 2.76 bits per heavy atom. The molecule has 0 spiro atoms. The third-order valence-electron chi connectivity index (χ3n) is 3.31. The minimum Gasteiger partial charge on any atom is -0.367 e. The summed E-state index contributed by atoms with van der Waals surface area (Å²) < 4.78 is 0. The van der Waals surface area contributed by atoms with Gasteiger partial charge >= 0.3 is 0 Å². The lowest BCUT2D eigenvalue weighted by Crippen LogP contribution is -2.50. The van der Waals surface area contributed by atoms with Crippen molar-refractivity contribution in [2.75, 3.05) is 12.4 Å². The van der Waals surface area contributed by atoms with Gasteiger partial charge in [-0.05, 0) is 19.8 Å². The summed E-state index contributed by atoms with van der Waals surface area (Å²) in [4.78, 5) is 21.2. The van der Waals surface area contributed by atoms with E-state index in [1.165, 1.54) is 0 Å². The van der Waals surface area contributed by atoms with Crippen molar-refractivity contribution >= 4 is 11.7 Å². The zero-order valence-corrected chi connectivity index (χ0v) is 10.5. The van der Waals surface area contributed by atoms with Crippen LogP contribution in [0.4, 0.5) is 5.82 Å². The van der Waals surface area contributed by atoms with Gasteiger partial charge in [-0.15, -0.1) is 0 Å². The Morgan fingerprint density at radius 2 is 2.18 bits per heavy atom. The van der Waals surface area contributed by atoms with Gasteiger partial charge in [-0.3, -0.25) is 4.79 Å². The number of anilines is 1. The van der Waals surface area contributed by atoms with Crippen LogP contribution < -0.4 is 5.32 Å². The Balaban J connectivity index is 1.83. The van der Waals surface area contributed by atoms with Crippen molar-refractivity contribution in [3.8, 4) is 0 Å². The van der Waals surface area contributed by atoms with E-state index in [4.69, 9.17) is 0 Å². The Kier molecular flexibility index (Phi) is 3.26. The van der Waals surface area contributed by atoms with Gasteiger partial charge in [0, 0.05) is 37.8 Å². The van der Waals surface area contributed by atoms with E-state index in [2.05, 4.69) is 15.3 Å². The average Bonchev–Trinajstić information content (AvgIpc) is 2.22. The number of nitrogens with one attached hydrogen (secondary N) is 1. The Morgan fingerprint density at radius 1 is 1.47 bits per heavy atom. The second-order valence-corrected chi connectivity index (χ2v) is 4.64. The van der Waals surface area contributed by atoms with Gasteiger partial charge in [0.15, 0.2) is 0 Å². The van der Waals surface area contributed by atoms with E-state index in [0.29, 0.717) is 12.1 Å². The highest BCUT2D eigenvalue weighted by molar-refractivity contribution is 5.73. The highest BCUT2D eigenvalue weighted by Gasteiger charge is 2.33. The van der Waals surface area contributed by atoms with Crippen LogP contribution in [-0.4, -0.2) is 39.9 Å². The van der Waals surface area contributed by atoms with E-state index < -0.39 is 0 Å². The summed E-state index contributed by atoms with van der Waals surface area (Å²) in [5.74, 6) is 0.998. The molecular weight excluding hydrogens is 216 g/mol. The smallest absolute Gasteiger partial charge is 0.219 e. The van der Waals surface area contributed by atoms with E-state index >= 15 is 0 Å². The predicted molar refractivity (Wildman–Crippen MR) is 65.6 cm³/mol. The lowest BCUT2D eigenvalue weighted by molar-refractivity contribution is -0.131. The molecule has 0 radical (unpaired) electrons. The van der Waals surface area contributed by atoms with E-state index in [9.17, 15) is 4.79 Å². The molecule has 0 aliphatic heterocycles. The van der Waals surface area contributed by atoms with Gasteiger partial charge < -0.3 is 10.2 Å². The second-order valence-electron chi connectivity index (χ2n) is 4.64. The molecule has 92 valence electrons. The summed E-state index contributed by atoms with van der Waals surface area (Å²) in [6.07, 6.45) is 3.54. The molecule has 1 N–H and O–H groups in total. The molecule has 1 fully saturated rings. The van der Waals surface area contributed by atoms with E-state index in [0.717, 1.165) is 24.4 Å². The van der Waals surface area contributed by atoms with Crippen LogP contribution in [0.3, 0.4) is 0 Å². The fourth-order valence-corrected chi connectivity index (χ4v) is 2.02. The minimum absolute atomic E-state index is 0.131. The summed E-state index contributed by atoms with van der Waals surface area (Å²) in [5.41, 5.74) is 0.958. The van der Waals surface area contributed by atoms with Crippen LogP contribution in [0, 0.1) is 6.92 Å². The van der Waals surface area contributed by atoms with Gasteiger partial charge in [0.1, 0.15) is 12.1 Å². The van der Waals surface area contributed by atoms with E-state index in [1.54, 1.807) is 13.3 Å². The first-order chi connectivity index (χ1) is 8.06. The zero-order valence-electron chi connectivity index (χ0n) is 10.5. The van der Waals surface area contributed by atoms with Crippen molar-refractivity contribution in [3.05, 3.63) is 18.1 Å². The van der Waals surface area contributed by atoms with Gasteiger partial charge in [-0.25, -0.2) is 9.97 Å². The first kappa shape index (κ1) is 11.8. The SMILES string of the molecule is CC(=O)N(C)[C@H]1C[C@H](Nc2cc(C)ncn2)C1. The van der Waals surface area contributed by atoms with Crippen molar-refractivity contribution in [1.82, 2.24) is 14.9 Å². The summed E-state index contributed by atoms with van der Waals surface area (Å²) in [7, 11) is 1.86. The third kappa shape index (κ3) is 2.72. The predicted octanol–water partition coefficient (Wildman–Crippen LogP) is 1.21. The van der Waals surface area contributed by atoms with Crippen LogP contribution in [0.15, 0.2) is 12.4 Å². The molecular formula is C12H18N4O. The van der Waals surface area contributed by atoms with Gasteiger partial charge in [0.05, 0.1) is 0 Å². The summed E-state index contributed by atoms with van der Waals surface area (Å²) >= 11 is 0. The molecule has 1 saturated carbocycles. The highest BCUT2D eigenvalue weighted by Crippen LogP contribution is 2.27. The van der Waals surface area contributed by atoms with Gasteiger partial charge in [-0.1, -0.05) is 0 Å². The van der Waals surface area contributed by atoms with Crippen LogP contribution in [0.25, 0.3) is 0 Å². The van der Waals surface area contributed by atoms with Gasteiger partial charge in [0.2, 0.25) is 5.91 Å². The van der Waals surface area contributed by atoms with Crippen LogP contribution >= 0.6 is 0 Å². The first-order valence-corrected chi connectivity index (χ1v) is 5.85. The van der Waals surface area contributed by atoms with E-state index in [1.807, 2.05) is 24.9 Å². The van der Waals surface area contributed by atoms with Crippen molar-refractivity contribution in [1.29, 1.82) is 0 Å². The molecule has 1 aromatic rings. The molecule has 2 rings (SSSR count). The standard InChI is InChI=1S/C12H18N4O/c1-8-4-12(14-7-13-8)15-10-5-11(6-10)16(3)9(2)17/h4,7,10-11H,5-6H2,1-3H3,(H,13,14,15)/t10-,11-. The minimum atomic E-state index is 0.131. The molecule has 1 heterocycles. The van der Waals surface area contributed by atoms with Crippen LogP contribution in [0.1, 0.15) is 25.5 Å². The highest BCUT2D eigenvalue weighted by atomic mass is 16.2. The quantitative estimate of drug-likeness (QED) is 0.854. The summed E-state index contributed by atoms with van der Waals surface area (Å²) in [5, 5.41) is 3.35. The average molecular weight is 234 g/mol. The number of hydrogen-bond donors (Lipinski definition) is 1. The lowest BCUT2D eigenvalue weighted by Gasteiger charge is -2.41. The van der Waals surface area contributed by atoms with Crippen LogP contribution in [0.5, 0.6) is 0 Å². The number of amides is 1. The van der Waals surface area contributed by atoms with Crippen molar-refractivity contribution < 1.29 is 4.79 Å². The van der Waals surface area contributed by atoms with Crippen LogP contribution in [-0.2, 0) is 4.79 Å². The van der Waals surface area contributed by atoms with Crippen LogP contribution in [0.2, 0.25) is 0 Å². The van der Waals surface area contributed by atoms with Gasteiger partial charge in [-0.2, -0.15) is 0 Å². The first-order valence-electron chi connectivity index (χ1n) is 5.85. The number of nitrogens with zero attached hydrogens (tertiary/aromatic N) is 3. The molecule has 1 aliphatic rings. The summed E-state index contributed by atoms with van der Waals surface area (Å²) in [6, 6.07) is 2.71. The van der Waals surface area contributed by atoms with Crippen molar-refractivity contribution in [2.24, 2.45) is 0 Å². The lowest BCUT2D eigenvalue weighted by atomic mass is 9.85. The molecule has 1 aromatic heterocycles. The normalized spacial score (nSPS) is 22.8. The largest absolute Gasteiger partial charge is 0.367 e. The second kappa shape index (κ2) is 4.69. The fraction of sp³-hybridized carbons (Fsp3) is 0.583. The number of hydrogen-bond acceptors (Lipinski definition) is 4. The molecule has 0 aromatic carbocycles. The fourth-order valence-electron chi connectivity index (χ4n) is 2.02. The third-order valence-corrected chi connectivity index (χ3v) is 3.31. The number of rotatable bonds is 3. The van der Waals surface area contributed by atoms with E-state index in [-0.39, 0.29) is 5.91 Å². The molecule has 5 heteroatoms. The topological polar surface area (TPSA) is 58.1 Å². The molecule has 0 atom stereocenters. The van der Waals surface area contributed by atoms with Crippen molar-refractivity contribution in [2.45, 2.75) is 38.8 Å². The number of aromatic nitrogens is 2. The maximum Gasteiger partial charge on any atom is 0.219 e. The molecule has 0 unspecified atom stereocenters. The Labute approximate surface area is 101 Å². The molecule has 1 aliphatic carbocycles. The maximum atomic E-state index is 11.2. The van der Waals surface area contributed by atoms with Crippen molar-refractivity contribution in [3.63, 3.8) is 0 Å². The molecule has 17 heavy (non-hydrogen) atoms. The molecule has 5 nitrogen and oxygen atoms in total. The zero-order chi connectivity index (χ0) is 12.4. The molecule has 1 amide bonds. The maximum absolute atomic E-state index is 11.2. The molecule has 0 bridgehead atoms. The Bertz CT molecular complexity index is 415. The number of carbonyl (C=O) groups is 1. The summed E-state index contributed by atoms with van der Waals surface area (Å²) in [6.45, 7) is 3.55. The van der Waals surface area contributed by atoms with Gasteiger partial charge in [0.25, 0.3) is 0 Å². The Hall–Kier alpha value is -1.65.